The highest BCUT2D eigenvalue weighted by Gasteiger charge is 2.20. The van der Waals surface area contributed by atoms with Crippen LogP contribution < -0.4 is 4.90 Å². The number of rotatable bonds is 4. The predicted molar refractivity (Wildman–Crippen MR) is 84.6 cm³/mol. The standard InChI is InChI=1S/C15H21BrN2O2/c1-17-7-5-11(6-8-17)10-18(2)14-9-12(16)3-4-13(14)15(19)20/h3-4,9,11H,5-8,10H2,1-2H3,(H,19,20). The first kappa shape index (κ1) is 15.3. The van der Waals surface area contributed by atoms with Crippen LogP contribution in [0.15, 0.2) is 22.7 Å². The van der Waals surface area contributed by atoms with Gasteiger partial charge in [0.05, 0.1) is 11.3 Å². The first-order valence-electron chi connectivity index (χ1n) is 6.90. The molecule has 0 aliphatic carbocycles. The van der Waals surface area contributed by atoms with E-state index in [9.17, 15) is 9.90 Å². The summed E-state index contributed by atoms with van der Waals surface area (Å²) in [6, 6.07) is 5.32. The van der Waals surface area contributed by atoms with Crippen molar-refractivity contribution < 1.29 is 9.90 Å². The quantitative estimate of drug-likeness (QED) is 0.915. The molecule has 1 aliphatic rings. The fourth-order valence-corrected chi connectivity index (χ4v) is 3.08. The number of halogens is 1. The maximum atomic E-state index is 11.3. The summed E-state index contributed by atoms with van der Waals surface area (Å²) < 4.78 is 0.910. The zero-order valence-corrected chi connectivity index (χ0v) is 13.6. The van der Waals surface area contributed by atoms with Crippen molar-refractivity contribution in [3.8, 4) is 0 Å². The molecule has 1 N–H and O–H groups in total. The van der Waals surface area contributed by atoms with Crippen molar-refractivity contribution in [3.63, 3.8) is 0 Å². The van der Waals surface area contributed by atoms with Crippen molar-refractivity contribution in [1.82, 2.24) is 4.90 Å². The van der Waals surface area contributed by atoms with Crippen molar-refractivity contribution in [2.75, 3.05) is 38.6 Å². The topological polar surface area (TPSA) is 43.8 Å². The lowest BCUT2D eigenvalue weighted by atomic mass is 9.96. The highest BCUT2D eigenvalue weighted by Crippen LogP contribution is 2.27. The van der Waals surface area contributed by atoms with Gasteiger partial charge in [0.2, 0.25) is 0 Å². The molecule has 0 atom stereocenters. The SMILES string of the molecule is CN1CCC(CN(C)c2cc(Br)ccc2C(=O)O)CC1. The van der Waals surface area contributed by atoms with Crippen LogP contribution in [-0.2, 0) is 0 Å². The lowest BCUT2D eigenvalue weighted by Gasteiger charge is -2.32. The maximum Gasteiger partial charge on any atom is 0.337 e. The summed E-state index contributed by atoms with van der Waals surface area (Å²) in [5, 5.41) is 9.30. The number of hydrogen-bond acceptors (Lipinski definition) is 3. The Hall–Kier alpha value is -1.07. The van der Waals surface area contributed by atoms with Crippen LogP contribution in [0.3, 0.4) is 0 Å². The van der Waals surface area contributed by atoms with Gasteiger partial charge in [-0.15, -0.1) is 0 Å². The van der Waals surface area contributed by atoms with Gasteiger partial charge >= 0.3 is 5.97 Å². The van der Waals surface area contributed by atoms with E-state index in [1.165, 1.54) is 12.8 Å². The minimum Gasteiger partial charge on any atom is -0.478 e. The van der Waals surface area contributed by atoms with Crippen LogP contribution in [0.5, 0.6) is 0 Å². The number of hydrogen-bond donors (Lipinski definition) is 1. The van der Waals surface area contributed by atoms with Crippen LogP contribution in [0, 0.1) is 5.92 Å². The van der Waals surface area contributed by atoms with E-state index < -0.39 is 5.97 Å². The smallest absolute Gasteiger partial charge is 0.337 e. The second-order valence-electron chi connectivity index (χ2n) is 5.59. The summed E-state index contributed by atoms with van der Waals surface area (Å²) in [6.45, 7) is 3.16. The molecule has 2 rings (SSSR count). The average molecular weight is 341 g/mol. The minimum absolute atomic E-state index is 0.364. The molecule has 1 aromatic carbocycles. The van der Waals surface area contributed by atoms with Crippen molar-refractivity contribution in [1.29, 1.82) is 0 Å². The zero-order chi connectivity index (χ0) is 14.7. The molecule has 0 bridgehead atoms. The van der Waals surface area contributed by atoms with Crippen LogP contribution in [0.2, 0.25) is 0 Å². The Labute approximate surface area is 128 Å². The Balaban J connectivity index is 2.10. The molecule has 1 aliphatic heterocycles. The summed E-state index contributed by atoms with van der Waals surface area (Å²) in [4.78, 5) is 15.7. The third-order valence-electron chi connectivity index (χ3n) is 3.97. The van der Waals surface area contributed by atoms with Gasteiger partial charge in [0.25, 0.3) is 0 Å². The Morgan fingerprint density at radius 3 is 2.70 bits per heavy atom. The van der Waals surface area contributed by atoms with E-state index in [1.807, 2.05) is 13.1 Å². The maximum absolute atomic E-state index is 11.3. The Morgan fingerprint density at radius 1 is 1.45 bits per heavy atom. The number of benzene rings is 1. The second-order valence-corrected chi connectivity index (χ2v) is 6.51. The second kappa shape index (κ2) is 6.59. The van der Waals surface area contributed by atoms with Gasteiger partial charge in [0, 0.05) is 18.1 Å². The van der Waals surface area contributed by atoms with Gasteiger partial charge in [-0.1, -0.05) is 15.9 Å². The number of aromatic carboxylic acids is 1. The highest BCUT2D eigenvalue weighted by molar-refractivity contribution is 9.10. The van der Waals surface area contributed by atoms with E-state index in [2.05, 4.69) is 32.8 Å². The Kier molecular flexibility index (Phi) is 5.05. The van der Waals surface area contributed by atoms with E-state index in [4.69, 9.17) is 0 Å². The molecule has 110 valence electrons. The molecule has 0 aromatic heterocycles. The number of carboxylic acids is 1. The Bertz CT molecular complexity index is 485. The third kappa shape index (κ3) is 3.73. The average Bonchev–Trinajstić information content (AvgIpc) is 2.41. The summed E-state index contributed by atoms with van der Waals surface area (Å²) >= 11 is 3.42. The van der Waals surface area contributed by atoms with Crippen LogP contribution in [0.25, 0.3) is 0 Å². The van der Waals surface area contributed by atoms with Crippen LogP contribution in [-0.4, -0.2) is 49.7 Å². The Morgan fingerprint density at radius 2 is 2.10 bits per heavy atom. The monoisotopic (exact) mass is 340 g/mol. The fourth-order valence-electron chi connectivity index (χ4n) is 2.73. The molecule has 1 saturated heterocycles. The number of piperidine rings is 1. The van der Waals surface area contributed by atoms with Crippen molar-refractivity contribution in [2.45, 2.75) is 12.8 Å². The molecule has 5 heteroatoms. The van der Waals surface area contributed by atoms with Crippen LogP contribution in [0.4, 0.5) is 5.69 Å². The van der Waals surface area contributed by atoms with E-state index in [-0.39, 0.29) is 0 Å². The van der Waals surface area contributed by atoms with E-state index in [0.29, 0.717) is 11.5 Å². The van der Waals surface area contributed by atoms with Gasteiger partial charge in [-0.3, -0.25) is 0 Å². The first-order chi connectivity index (χ1) is 9.47. The molecule has 4 nitrogen and oxygen atoms in total. The molecule has 1 heterocycles. The van der Waals surface area contributed by atoms with Gasteiger partial charge in [-0.05, 0) is 57.1 Å². The summed E-state index contributed by atoms with van der Waals surface area (Å²) in [7, 11) is 4.13. The summed E-state index contributed by atoms with van der Waals surface area (Å²) in [5.74, 6) is -0.237. The van der Waals surface area contributed by atoms with Gasteiger partial charge in [-0.25, -0.2) is 4.79 Å². The van der Waals surface area contributed by atoms with Gasteiger partial charge in [-0.2, -0.15) is 0 Å². The number of carboxylic acid groups (broad SMARTS) is 1. The van der Waals surface area contributed by atoms with Crippen molar-refractivity contribution in [3.05, 3.63) is 28.2 Å². The minimum atomic E-state index is -0.872. The molecule has 1 fully saturated rings. The van der Waals surface area contributed by atoms with Crippen LogP contribution in [0.1, 0.15) is 23.2 Å². The lowest BCUT2D eigenvalue weighted by molar-refractivity contribution is 0.0697. The van der Waals surface area contributed by atoms with Gasteiger partial charge in [0.15, 0.2) is 0 Å². The zero-order valence-electron chi connectivity index (χ0n) is 12.0. The molecular formula is C15H21BrN2O2. The first-order valence-corrected chi connectivity index (χ1v) is 7.69. The van der Waals surface area contributed by atoms with Crippen molar-refractivity contribution >= 4 is 27.6 Å². The molecule has 20 heavy (non-hydrogen) atoms. The number of carbonyl (C=O) groups is 1. The molecule has 0 radical (unpaired) electrons. The van der Waals surface area contributed by atoms with E-state index >= 15 is 0 Å². The highest BCUT2D eigenvalue weighted by atomic mass is 79.9. The number of nitrogens with zero attached hydrogens (tertiary/aromatic N) is 2. The van der Waals surface area contributed by atoms with E-state index in [1.54, 1.807) is 12.1 Å². The predicted octanol–water partition coefficient (Wildman–Crippen LogP) is 2.93. The number of anilines is 1. The summed E-state index contributed by atoms with van der Waals surface area (Å²) in [5.41, 5.74) is 1.15. The summed E-state index contributed by atoms with van der Waals surface area (Å²) in [6.07, 6.45) is 2.36. The normalized spacial score (nSPS) is 17.1. The molecule has 0 amide bonds. The van der Waals surface area contributed by atoms with Crippen LogP contribution >= 0.6 is 15.9 Å². The molecule has 0 spiro atoms. The molecular weight excluding hydrogens is 320 g/mol. The van der Waals surface area contributed by atoms with Gasteiger partial charge in [0.1, 0.15) is 0 Å². The van der Waals surface area contributed by atoms with Crippen molar-refractivity contribution in [2.24, 2.45) is 5.92 Å². The van der Waals surface area contributed by atoms with Gasteiger partial charge < -0.3 is 14.9 Å². The fraction of sp³-hybridized carbons (Fsp3) is 0.533. The largest absolute Gasteiger partial charge is 0.478 e. The van der Waals surface area contributed by atoms with E-state index in [0.717, 1.165) is 29.8 Å². The lowest BCUT2D eigenvalue weighted by Crippen LogP contribution is -2.36. The molecule has 1 aromatic rings. The molecule has 0 saturated carbocycles. The third-order valence-corrected chi connectivity index (χ3v) is 4.46. The molecule has 0 unspecified atom stereocenters. The number of likely N-dealkylation sites (tertiary alicyclic amines) is 1.